The van der Waals surface area contributed by atoms with Crippen LogP contribution in [0.1, 0.15) is 49.7 Å². The summed E-state index contributed by atoms with van der Waals surface area (Å²) in [6, 6.07) is 0. The first-order chi connectivity index (χ1) is 11.2. The van der Waals surface area contributed by atoms with E-state index in [4.69, 9.17) is 0 Å². The van der Waals surface area contributed by atoms with E-state index in [1.165, 1.54) is 42.9 Å². The summed E-state index contributed by atoms with van der Waals surface area (Å²) < 4.78 is 0.476. The van der Waals surface area contributed by atoms with Gasteiger partial charge in [-0.3, -0.25) is 4.99 Å². The molecule has 0 unspecified atom stereocenters. The average molecular weight is 480 g/mol. The van der Waals surface area contributed by atoms with Crippen molar-refractivity contribution >= 4 is 53.0 Å². The summed E-state index contributed by atoms with van der Waals surface area (Å²) in [5.41, 5.74) is 1.13. The monoisotopic (exact) mass is 480 g/mol. The zero-order chi connectivity index (χ0) is 16.1. The van der Waals surface area contributed by atoms with Gasteiger partial charge in [0.2, 0.25) is 0 Å². The molecule has 24 heavy (non-hydrogen) atoms. The number of rotatable bonds is 3. The molecule has 4 nitrogen and oxygen atoms in total. The minimum atomic E-state index is 0. The Balaban J connectivity index is 0.00000208. The van der Waals surface area contributed by atoms with Gasteiger partial charge in [0.05, 0.1) is 17.2 Å². The van der Waals surface area contributed by atoms with E-state index >= 15 is 0 Å². The molecule has 1 aromatic heterocycles. The van der Waals surface area contributed by atoms with Gasteiger partial charge in [0, 0.05) is 36.0 Å². The highest BCUT2D eigenvalue weighted by Gasteiger charge is 2.38. The molecule has 1 saturated heterocycles. The fourth-order valence-electron chi connectivity index (χ4n) is 3.62. The normalized spacial score (nSPS) is 20.8. The second kappa shape index (κ2) is 9.62. The lowest BCUT2D eigenvalue weighted by Gasteiger charge is -2.45. The first-order valence-electron chi connectivity index (χ1n) is 8.77. The van der Waals surface area contributed by atoms with Crippen LogP contribution in [0.2, 0.25) is 0 Å². The van der Waals surface area contributed by atoms with E-state index in [2.05, 4.69) is 44.3 Å². The molecule has 1 aromatic rings. The SMILES string of the molecule is CCc1nc(CNC(=NC)N2CCSC3(CCCCC3)C2)cs1.I. The van der Waals surface area contributed by atoms with Crippen molar-refractivity contribution in [3.05, 3.63) is 16.1 Å². The van der Waals surface area contributed by atoms with Gasteiger partial charge in [-0.25, -0.2) is 4.98 Å². The van der Waals surface area contributed by atoms with E-state index in [1.807, 2.05) is 7.05 Å². The molecular weight excluding hydrogens is 451 g/mol. The molecule has 0 amide bonds. The van der Waals surface area contributed by atoms with Gasteiger partial charge < -0.3 is 10.2 Å². The van der Waals surface area contributed by atoms with Gasteiger partial charge in [0.15, 0.2) is 5.96 Å². The summed E-state index contributed by atoms with van der Waals surface area (Å²) in [6.45, 7) is 5.18. The van der Waals surface area contributed by atoms with Crippen LogP contribution in [-0.2, 0) is 13.0 Å². The summed E-state index contributed by atoms with van der Waals surface area (Å²) >= 11 is 3.96. The third kappa shape index (κ3) is 5.00. The molecule has 1 N–H and O–H groups in total. The molecule has 2 heterocycles. The first-order valence-corrected chi connectivity index (χ1v) is 10.6. The van der Waals surface area contributed by atoms with Crippen molar-refractivity contribution in [2.75, 3.05) is 25.9 Å². The van der Waals surface area contributed by atoms with E-state index in [9.17, 15) is 0 Å². The number of guanidine groups is 1. The molecule has 3 rings (SSSR count). The highest BCUT2D eigenvalue weighted by Crippen LogP contribution is 2.42. The fraction of sp³-hybridized carbons (Fsp3) is 0.765. The molecule has 0 bridgehead atoms. The number of nitrogens with zero attached hydrogens (tertiary/aromatic N) is 3. The molecule has 1 aliphatic heterocycles. The highest BCUT2D eigenvalue weighted by atomic mass is 127. The van der Waals surface area contributed by atoms with Crippen molar-refractivity contribution in [1.29, 1.82) is 0 Å². The van der Waals surface area contributed by atoms with E-state index in [-0.39, 0.29) is 24.0 Å². The van der Waals surface area contributed by atoms with Gasteiger partial charge in [-0.1, -0.05) is 26.2 Å². The third-order valence-corrected chi connectivity index (χ3v) is 7.43. The number of thioether (sulfide) groups is 1. The van der Waals surface area contributed by atoms with Crippen molar-refractivity contribution < 1.29 is 0 Å². The zero-order valence-electron chi connectivity index (χ0n) is 14.7. The van der Waals surface area contributed by atoms with Crippen molar-refractivity contribution in [3.63, 3.8) is 0 Å². The predicted molar refractivity (Wildman–Crippen MR) is 117 cm³/mol. The Morgan fingerprint density at radius 1 is 1.38 bits per heavy atom. The van der Waals surface area contributed by atoms with Crippen LogP contribution in [0.3, 0.4) is 0 Å². The summed E-state index contributed by atoms with van der Waals surface area (Å²) in [5, 5.41) is 6.90. The number of aliphatic imine (C=N–C) groups is 1. The molecule has 0 aromatic carbocycles. The van der Waals surface area contributed by atoms with Crippen LogP contribution < -0.4 is 5.32 Å². The fourth-order valence-corrected chi connectivity index (χ4v) is 5.93. The lowest BCUT2D eigenvalue weighted by molar-refractivity contribution is 0.293. The number of hydrogen-bond donors (Lipinski definition) is 1. The molecule has 2 fully saturated rings. The van der Waals surface area contributed by atoms with Crippen LogP contribution in [-0.4, -0.2) is 46.5 Å². The van der Waals surface area contributed by atoms with Crippen LogP contribution >= 0.6 is 47.1 Å². The molecular formula is C17H29IN4S2. The molecule has 2 aliphatic rings. The number of aryl methyl sites for hydroxylation is 1. The van der Waals surface area contributed by atoms with Gasteiger partial charge >= 0.3 is 0 Å². The summed E-state index contributed by atoms with van der Waals surface area (Å²) in [4.78, 5) is 11.6. The second-order valence-electron chi connectivity index (χ2n) is 6.50. The summed E-state index contributed by atoms with van der Waals surface area (Å²) in [7, 11) is 1.90. The van der Waals surface area contributed by atoms with Gasteiger partial charge in [-0.15, -0.1) is 35.3 Å². The standard InChI is InChI=1S/C17H28N4S2.HI/c1-3-15-20-14(12-22-15)11-19-16(18-2)21-9-10-23-17(13-21)7-5-4-6-8-17;/h12H,3-11,13H2,1-2H3,(H,18,19);1H. The van der Waals surface area contributed by atoms with Crippen molar-refractivity contribution in [3.8, 4) is 0 Å². The second-order valence-corrected chi connectivity index (χ2v) is 9.01. The van der Waals surface area contributed by atoms with E-state index < -0.39 is 0 Å². The Morgan fingerprint density at radius 2 is 2.17 bits per heavy atom. The van der Waals surface area contributed by atoms with E-state index in [1.54, 1.807) is 11.3 Å². The van der Waals surface area contributed by atoms with Crippen molar-refractivity contribution in [1.82, 2.24) is 15.2 Å². The van der Waals surface area contributed by atoms with Crippen molar-refractivity contribution in [2.45, 2.75) is 56.7 Å². The summed E-state index contributed by atoms with van der Waals surface area (Å²) in [6.07, 6.45) is 7.97. The van der Waals surface area contributed by atoms with Gasteiger partial charge in [0.1, 0.15) is 0 Å². The maximum Gasteiger partial charge on any atom is 0.194 e. The molecule has 136 valence electrons. The first kappa shape index (κ1) is 20.3. The van der Waals surface area contributed by atoms with Gasteiger partial charge in [0.25, 0.3) is 0 Å². The number of aromatic nitrogens is 1. The van der Waals surface area contributed by atoms with Crippen LogP contribution in [0.5, 0.6) is 0 Å². The summed E-state index contributed by atoms with van der Waals surface area (Å²) in [5.74, 6) is 2.26. The highest BCUT2D eigenvalue weighted by molar-refractivity contribution is 14.0. The van der Waals surface area contributed by atoms with E-state index in [0.29, 0.717) is 4.75 Å². The predicted octanol–water partition coefficient (Wildman–Crippen LogP) is 4.15. The van der Waals surface area contributed by atoms with Crippen molar-refractivity contribution in [2.24, 2.45) is 4.99 Å². The number of halogens is 1. The smallest absolute Gasteiger partial charge is 0.194 e. The van der Waals surface area contributed by atoms with Crippen LogP contribution in [0, 0.1) is 0 Å². The van der Waals surface area contributed by atoms with Crippen LogP contribution in [0.15, 0.2) is 10.4 Å². The average Bonchev–Trinajstić information content (AvgIpc) is 3.04. The van der Waals surface area contributed by atoms with Crippen LogP contribution in [0.4, 0.5) is 0 Å². The van der Waals surface area contributed by atoms with Gasteiger partial charge in [-0.2, -0.15) is 11.8 Å². The lowest BCUT2D eigenvalue weighted by atomic mass is 9.87. The largest absolute Gasteiger partial charge is 0.351 e. The minimum absolute atomic E-state index is 0. The number of nitrogens with one attached hydrogen (secondary N) is 1. The minimum Gasteiger partial charge on any atom is -0.351 e. The Bertz CT molecular complexity index is 535. The molecule has 0 radical (unpaired) electrons. The van der Waals surface area contributed by atoms with Gasteiger partial charge in [-0.05, 0) is 19.3 Å². The zero-order valence-corrected chi connectivity index (χ0v) is 18.7. The Kier molecular flexibility index (Phi) is 8.13. The Labute approximate surface area is 171 Å². The quantitative estimate of drug-likeness (QED) is 0.401. The third-order valence-electron chi connectivity index (χ3n) is 4.85. The Morgan fingerprint density at radius 3 is 2.83 bits per heavy atom. The number of hydrogen-bond acceptors (Lipinski definition) is 4. The molecule has 7 heteroatoms. The molecule has 1 aliphatic carbocycles. The van der Waals surface area contributed by atoms with Crippen LogP contribution in [0.25, 0.3) is 0 Å². The molecule has 1 spiro atoms. The molecule has 1 saturated carbocycles. The number of thiazole rings is 1. The Hall–Kier alpha value is -0.0200. The lowest BCUT2D eigenvalue weighted by Crippen LogP contribution is -2.53. The topological polar surface area (TPSA) is 40.5 Å². The maximum absolute atomic E-state index is 4.64. The van der Waals surface area contributed by atoms with E-state index in [0.717, 1.165) is 37.7 Å². The molecule has 0 atom stereocenters. The maximum atomic E-state index is 4.64.